The number of nitrogens with two attached hydrogens (primary N) is 1. The van der Waals surface area contributed by atoms with E-state index in [-0.39, 0.29) is 17.6 Å². The number of pyridine rings is 1. The first kappa shape index (κ1) is 16.8. The van der Waals surface area contributed by atoms with E-state index in [1.165, 1.54) is 6.26 Å². The Morgan fingerprint density at radius 2 is 2.12 bits per heavy atom. The molecule has 1 atom stereocenters. The summed E-state index contributed by atoms with van der Waals surface area (Å²) in [6, 6.07) is 3.62. The number of anilines is 1. The molecule has 3 rings (SSSR count). The molecule has 9 heteroatoms. The van der Waals surface area contributed by atoms with E-state index >= 15 is 0 Å². The van der Waals surface area contributed by atoms with Gasteiger partial charge >= 0.3 is 0 Å². The molecule has 0 aliphatic heterocycles. The van der Waals surface area contributed by atoms with Crippen molar-refractivity contribution in [1.29, 1.82) is 0 Å². The zero-order chi connectivity index (χ0) is 17.8. The molecule has 128 valence electrons. The van der Waals surface area contributed by atoms with Gasteiger partial charge in [0.05, 0.1) is 16.3 Å². The Kier molecular flexibility index (Phi) is 4.90. The smallest absolute Gasteiger partial charge is 0.270 e. The molecular weight excluding hydrogens is 344 g/mol. The lowest BCUT2D eigenvalue weighted by Crippen LogP contribution is -2.20. The first-order valence-electron chi connectivity index (χ1n) is 7.46. The van der Waals surface area contributed by atoms with Gasteiger partial charge in [-0.15, -0.1) is 0 Å². The van der Waals surface area contributed by atoms with Crippen LogP contribution >= 0.6 is 11.6 Å². The van der Waals surface area contributed by atoms with Crippen molar-refractivity contribution in [3.05, 3.63) is 53.4 Å². The maximum atomic E-state index is 11.0. The molecule has 0 spiro atoms. The fourth-order valence-corrected chi connectivity index (χ4v) is 2.36. The minimum Gasteiger partial charge on any atom is -0.444 e. The molecule has 0 aliphatic carbocycles. The maximum Gasteiger partial charge on any atom is 0.270 e. The number of amides is 1. The summed E-state index contributed by atoms with van der Waals surface area (Å²) in [7, 11) is 0. The molecule has 3 aromatic heterocycles. The molecule has 3 heterocycles. The fourth-order valence-electron chi connectivity index (χ4n) is 2.16. The average Bonchev–Trinajstić information content (AvgIpc) is 3.08. The van der Waals surface area contributed by atoms with Crippen LogP contribution in [-0.2, 0) is 6.42 Å². The van der Waals surface area contributed by atoms with Crippen molar-refractivity contribution in [2.24, 2.45) is 5.73 Å². The highest BCUT2D eigenvalue weighted by Gasteiger charge is 2.12. The Morgan fingerprint density at radius 3 is 2.76 bits per heavy atom. The Balaban J connectivity index is 1.65. The molecule has 0 bridgehead atoms. The minimum absolute atomic E-state index is 0.0291. The summed E-state index contributed by atoms with van der Waals surface area (Å²) < 4.78 is 5.19. The second kappa shape index (κ2) is 7.27. The van der Waals surface area contributed by atoms with Crippen molar-refractivity contribution in [2.75, 3.05) is 5.32 Å². The van der Waals surface area contributed by atoms with E-state index in [0.717, 1.165) is 5.69 Å². The molecule has 1 unspecified atom stereocenters. The van der Waals surface area contributed by atoms with E-state index < -0.39 is 5.91 Å². The fraction of sp³-hybridized carbons (Fsp3) is 0.188. The Labute approximate surface area is 148 Å². The first-order valence-corrected chi connectivity index (χ1v) is 7.84. The molecule has 0 aliphatic rings. The van der Waals surface area contributed by atoms with Gasteiger partial charge in [-0.2, -0.15) is 0 Å². The van der Waals surface area contributed by atoms with Crippen LogP contribution in [0.1, 0.15) is 23.1 Å². The Hall–Kier alpha value is -3.00. The number of primary amides is 1. The first-order chi connectivity index (χ1) is 12.0. The quantitative estimate of drug-likeness (QED) is 0.693. The molecule has 0 radical (unpaired) electrons. The number of oxazole rings is 1. The second-order valence-corrected chi connectivity index (χ2v) is 5.79. The molecule has 25 heavy (non-hydrogen) atoms. The summed E-state index contributed by atoms with van der Waals surface area (Å²) in [6.45, 7) is 1.98. The van der Waals surface area contributed by atoms with Crippen LogP contribution in [0, 0.1) is 0 Å². The average molecular weight is 359 g/mol. The van der Waals surface area contributed by atoms with Gasteiger partial charge in [0.15, 0.2) is 5.69 Å². The van der Waals surface area contributed by atoms with Gasteiger partial charge in [0.1, 0.15) is 6.26 Å². The van der Waals surface area contributed by atoms with Crippen molar-refractivity contribution in [3.8, 4) is 11.5 Å². The molecule has 0 fully saturated rings. The predicted molar refractivity (Wildman–Crippen MR) is 92.1 cm³/mol. The summed E-state index contributed by atoms with van der Waals surface area (Å²) >= 11 is 6.11. The van der Waals surface area contributed by atoms with Crippen molar-refractivity contribution in [3.63, 3.8) is 0 Å². The van der Waals surface area contributed by atoms with Crippen molar-refractivity contribution in [1.82, 2.24) is 19.9 Å². The van der Waals surface area contributed by atoms with E-state index in [2.05, 4.69) is 25.3 Å². The molecule has 8 nitrogen and oxygen atoms in total. The summed E-state index contributed by atoms with van der Waals surface area (Å²) in [5.74, 6) is 0.0230. The monoisotopic (exact) mass is 358 g/mol. The van der Waals surface area contributed by atoms with Crippen LogP contribution in [-0.4, -0.2) is 31.9 Å². The van der Waals surface area contributed by atoms with Crippen molar-refractivity contribution in [2.45, 2.75) is 19.4 Å². The van der Waals surface area contributed by atoms with Gasteiger partial charge in [0, 0.05) is 31.1 Å². The third-order valence-corrected chi connectivity index (χ3v) is 3.71. The van der Waals surface area contributed by atoms with E-state index in [9.17, 15) is 4.79 Å². The van der Waals surface area contributed by atoms with Crippen LogP contribution in [0.25, 0.3) is 11.5 Å². The predicted octanol–water partition coefficient (Wildman–Crippen LogP) is 2.32. The van der Waals surface area contributed by atoms with Crippen LogP contribution in [0.5, 0.6) is 0 Å². The number of aromatic nitrogens is 4. The summed E-state index contributed by atoms with van der Waals surface area (Å²) in [4.78, 5) is 27.7. The molecular formula is C16H15ClN6O2. The SMILES string of the molecule is CC(Cc1ncccc1Cl)Nc1ncc(-c2nc(C(N)=O)co2)cn1. The van der Waals surface area contributed by atoms with Gasteiger partial charge in [-0.3, -0.25) is 9.78 Å². The molecule has 0 aromatic carbocycles. The standard InChI is InChI=1S/C16H15ClN6O2/c1-9(5-12-11(17)3-2-4-19-12)22-16-20-6-10(7-21-16)15-23-13(8-25-15)14(18)24/h2-4,6-9H,5H2,1H3,(H2,18,24)(H,20,21,22). The van der Waals surface area contributed by atoms with Gasteiger partial charge in [0.25, 0.3) is 5.91 Å². The molecule has 3 aromatic rings. The zero-order valence-corrected chi connectivity index (χ0v) is 14.1. The van der Waals surface area contributed by atoms with E-state index in [4.69, 9.17) is 21.8 Å². The number of hydrogen-bond donors (Lipinski definition) is 2. The lowest BCUT2D eigenvalue weighted by Gasteiger charge is -2.13. The summed E-state index contributed by atoms with van der Waals surface area (Å²) in [5, 5.41) is 3.80. The van der Waals surface area contributed by atoms with E-state index in [1.54, 1.807) is 30.7 Å². The van der Waals surface area contributed by atoms with Crippen LogP contribution in [0.3, 0.4) is 0 Å². The molecule has 3 N–H and O–H groups in total. The van der Waals surface area contributed by atoms with Crippen molar-refractivity contribution >= 4 is 23.5 Å². The van der Waals surface area contributed by atoms with Crippen LogP contribution in [0.4, 0.5) is 5.95 Å². The number of nitrogens with one attached hydrogen (secondary N) is 1. The Morgan fingerprint density at radius 1 is 1.36 bits per heavy atom. The molecule has 0 saturated carbocycles. The number of halogens is 1. The van der Waals surface area contributed by atoms with Gasteiger partial charge in [-0.25, -0.2) is 15.0 Å². The highest BCUT2D eigenvalue weighted by Crippen LogP contribution is 2.18. The largest absolute Gasteiger partial charge is 0.444 e. The lowest BCUT2D eigenvalue weighted by molar-refractivity contribution is 0.0995. The van der Waals surface area contributed by atoms with E-state index in [0.29, 0.717) is 23.0 Å². The number of carbonyl (C=O) groups excluding carboxylic acids is 1. The highest BCUT2D eigenvalue weighted by atomic mass is 35.5. The van der Waals surface area contributed by atoms with Gasteiger partial charge in [-0.05, 0) is 19.1 Å². The number of carbonyl (C=O) groups is 1. The van der Waals surface area contributed by atoms with Gasteiger partial charge in [-0.1, -0.05) is 11.6 Å². The van der Waals surface area contributed by atoms with Crippen LogP contribution in [0.15, 0.2) is 41.4 Å². The van der Waals surface area contributed by atoms with E-state index in [1.807, 2.05) is 6.92 Å². The van der Waals surface area contributed by atoms with Crippen LogP contribution < -0.4 is 11.1 Å². The third-order valence-electron chi connectivity index (χ3n) is 3.37. The Bertz CT molecular complexity index is 880. The van der Waals surface area contributed by atoms with Gasteiger partial charge < -0.3 is 15.5 Å². The zero-order valence-electron chi connectivity index (χ0n) is 13.3. The number of nitrogens with zero attached hydrogens (tertiary/aromatic N) is 4. The van der Waals surface area contributed by atoms with Crippen LogP contribution in [0.2, 0.25) is 5.02 Å². The van der Waals surface area contributed by atoms with Gasteiger partial charge in [0.2, 0.25) is 11.8 Å². The molecule has 0 saturated heterocycles. The molecule has 1 amide bonds. The third kappa shape index (κ3) is 4.10. The topological polar surface area (TPSA) is 120 Å². The van der Waals surface area contributed by atoms with Crippen molar-refractivity contribution < 1.29 is 9.21 Å². The highest BCUT2D eigenvalue weighted by molar-refractivity contribution is 6.31. The number of hydrogen-bond acceptors (Lipinski definition) is 7. The second-order valence-electron chi connectivity index (χ2n) is 5.38. The number of rotatable bonds is 6. The summed E-state index contributed by atoms with van der Waals surface area (Å²) in [5.41, 5.74) is 6.54. The normalized spacial score (nSPS) is 11.9. The lowest BCUT2D eigenvalue weighted by atomic mass is 10.1. The summed E-state index contributed by atoms with van der Waals surface area (Å²) in [6.07, 6.45) is 6.63. The maximum absolute atomic E-state index is 11.0. The minimum atomic E-state index is -0.656.